The second-order valence-electron chi connectivity index (χ2n) is 5.89. The topological polar surface area (TPSA) is 26.7 Å². The molecular weight excluding hydrogens is 248 g/mol. The summed E-state index contributed by atoms with van der Waals surface area (Å²) in [6.07, 6.45) is 3.55. The predicted molar refractivity (Wildman–Crippen MR) is 83.7 cm³/mol. The van der Waals surface area contributed by atoms with Crippen molar-refractivity contribution in [3.63, 3.8) is 0 Å². The summed E-state index contributed by atoms with van der Waals surface area (Å²) in [5, 5.41) is 9.09. The van der Waals surface area contributed by atoms with Gasteiger partial charge in [-0.05, 0) is 44.8 Å². The molecule has 3 heteroatoms. The zero-order valence-corrected chi connectivity index (χ0v) is 12.7. The number of nitrogens with zero attached hydrogens (tertiary/aromatic N) is 2. The van der Waals surface area contributed by atoms with Gasteiger partial charge in [0.2, 0.25) is 0 Å². The van der Waals surface area contributed by atoms with Crippen LogP contribution in [0.1, 0.15) is 31.7 Å². The Kier molecular flexibility index (Phi) is 6.51. The van der Waals surface area contributed by atoms with E-state index in [1.165, 1.54) is 31.5 Å². The maximum atomic E-state index is 9.09. The second kappa shape index (κ2) is 8.40. The van der Waals surface area contributed by atoms with E-state index in [0.717, 1.165) is 26.1 Å². The minimum Gasteiger partial charge on any atom is -0.396 e. The van der Waals surface area contributed by atoms with E-state index < -0.39 is 0 Å². The highest BCUT2D eigenvalue weighted by atomic mass is 16.3. The van der Waals surface area contributed by atoms with Crippen LogP contribution in [-0.2, 0) is 6.54 Å². The van der Waals surface area contributed by atoms with Crippen molar-refractivity contribution in [1.29, 1.82) is 0 Å². The Labute approximate surface area is 123 Å². The SMILES string of the molecule is C[C@@H](CN(CCCO)Cc1ccccc1)N1CCCC1. The van der Waals surface area contributed by atoms with Crippen molar-refractivity contribution in [1.82, 2.24) is 9.80 Å². The first-order valence-electron chi connectivity index (χ1n) is 7.91. The van der Waals surface area contributed by atoms with Crippen LogP contribution in [0.15, 0.2) is 30.3 Å². The fourth-order valence-corrected chi connectivity index (χ4v) is 3.04. The normalized spacial score (nSPS) is 17.8. The molecule has 0 bridgehead atoms. The van der Waals surface area contributed by atoms with Gasteiger partial charge in [0.05, 0.1) is 0 Å². The zero-order valence-electron chi connectivity index (χ0n) is 12.7. The fourth-order valence-electron chi connectivity index (χ4n) is 3.04. The van der Waals surface area contributed by atoms with Crippen LogP contribution in [0.4, 0.5) is 0 Å². The molecule has 1 fully saturated rings. The van der Waals surface area contributed by atoms with E-state index in [4.69, 9.17) is 5.11 Å². The van der Waals surface area contributed by atoms with Crippen LogP contribution in [0.3, 0.4) is 0 Å². The van der Waals surface area contributed by atoms with E-state index in [0.29, 0.717) is 6.04 Å². The average Bonchev–Trinajstić information content (AvgIpc) is 3.00. The lowest BCUT2D eigenvalue weighted by molar-refractivity contribution is 0.155. The summed E-state index contributed by atoms with van der Waals surface area (Å²) in [6.45, 7) is 8.17. The molecule has 1 aliphatic heterocycles. The third-order valence-corrected chi connectivity index (χ3v) is 4.17. The number of rotatable bonds is 8. The first-order valence-corrected chi connectivity index (χ1v) is 7.91. The van der Waals surface area contributed by atoms with Gasteiger partial charge in [0.1, 0.15) is 0 Å². The van der Waals surface area contributed by atoms with Crippen molar-refractivity contribution in [3.8, 4) is 0 Å². The number of benzene rings is 1. The number of likely N-dealkylation sites (tertiary alicyclic amines) is 1. The van der Waals surface area contributed by atoms with Crippen molar-refractivity contribution in [3.05, 3.63) is 35.9 Å². The second-order valence-corrected chi connectivity index (χ2v) is 5.89. The largest absolute Gasteiger partial charge is 0.396 e. The molecule has 1 aliphatic rings. The average molecular weight is 276 g/mol. The third-order valence-electron chi connectivity index (χ3n) is 4.17. The van der Waals surface area contributed by atoms with Gasteiger partial charge in [0.25, 0.3) is 0 Å². The highest BCUT2D eigenvalue weighted by Crippen LogP contribution is 2.14. The Hall–Kier alpha value is -0.900. The van der Waals surface area contributed by atoms with Gasteiger partial charge < -0.3 is 5.11 Å². The molecule has 1 N–H and O–H groups in total. The van der Waals surface area contributed by atoms with Gasteiger partial charge in [-0.3, -0.25) is 9.80 Å². The first-order chi connectivity index (χ1) is 9.79. The standard InChI is InChI=1S/C17H28N2O/c1-16(19-11-5-6-12-19)14-18(10-7-13-20)15-17-8-3-2-4-9-17/h2-4,8-9,16,20H,5-7,10-15H2,1H3/t16-/m0/s1. The molecule has 1 aromatic rings. The summed E-state index contributed by atoms with van der Waals surface area (Å²) in [5.74, 6) is 0. The van der Waals surface area contributed by atoms with E-state index >= 15 is 0 Å². The Bertz CT molecular complexity index is 363. The van der Waals surface area contributed by atoms with E-state index in [9.17, 15) is 0 Å². The number of aliphatic hydroxyl groups is 1. The van der Waals surface area contributed by atoms with Gasteiger partial charge in [0, 0.05) is 32.3 Å². The molecule has 0 unspecified atom stereocenters. The third kappa shape index (κ3) is 4.89. The summed E-state index contributed by atoms with van der Waals surface area (Å²) >= 11 is 0. The molecule has 0 aromatic heterocycles. The molecule has 1 saturated heterocycles. The summed E-state index contributed by atoms with van der Waals surface area (Å²) in [5.41, 5.74) is 1.36. The van der Waals surface area contributed by atoms with Gasteiger partial charge >= 0.3 is 0 Å². The number of hydrogen-bond donors (Lipinski definition) is 1. The van der Waals surface area contributed by atoms with Gasteiger partial charge in [-0.1, -0.05) is 30.3 Å². The van der Waals surface area contributed by atoms with Crippen molar-refractivity contribution < 1.29 is 5.11 Å². The minimum absolute atomic E-state index is 0.281. The van der Waals surface area contributed by atoms with Gasteiger partial charge in [-0.25, -0.2) is 0 Å². The molecule has 1 atom stereocenters. The van der Waals surface area contributed by atoms with E-state index in [1.54, 1.807) is 0 Å². The summed E-state index contributed by atoms with van der Waals surface area (Å²) in [6, 6.07) is 11.3. The Morgan fingerprint density at radius 3 is 2.55 bits per heavy atom. The van der Waals surface area contributed by atoms with Crippen molar-refractivity contribution >= 4 is 0 Å². The Balaban J connectivity index is 1.88. The monoisotopic (exact) mass is 276 g/mol. The summed E-state index contributed by atoms with van der Waals surface area (Å²) in [7, 11) is 0. The Morgan fingerprint density at radius 1 is 1.20 bits per heavy atom. The molecule has 1 heterocycles. The smallest absolute Gasteiger partial charge is 0.0443 e. The molecule has 2 rings (SSSR count). The molecule has 0 aliphatic carbocycles. The maximum Gasteiger partial charge on any atom is 0.0443 e. The molecule has 1 aromatic carbocycles. The van der Waals surface area contributed by atoms with Crippen LogP contribution < -0.4 is 0 Å². The van der Waals surface area contributed by atoms with E-state index in [1.807, 2.05) is 0 Å². The van der Waals surface area contributed by atoms with Crippen molar-refractivity contribution in [2.24, 2.45) is 0 Å². The molecule has 112 valence electrons. The quantitative estimate of drug-likeness (QED) is 0.789. The zero-order chi connectivity index (χ0) is 14.2. The number of hydrogen-bond acceptors (Lipinski definition) is 3. The maximum absolute atomic E-state index is 9.09. The molecule has 20 heavy (non-hydrogen) atoms. The van der Waals surface area contributed by atoms with E-state index in [2.05, 4.69) is 47.1 Å². The lowest BCUT2D eigenvalue weighted by Gasteiger charge is -2.30. The molecule has 0 radical (unpaired) electrons. The van der Waals surface area contributed by atoms with Crippen LogP contribution in [-0.4, -0.2) is 53.7 Å². The molecular formula is C17H28N2O. The Morgan fingerprint density at radius 2 is 1.90 bits per heavy atom. The van der Waals surface area contributed by atoms with Gasteiger partial charge in [-0.15, -0.1) is 0 Å². The lowest BCUT2D eigenvalue weighted by Crippen LogP contribution is -2.41. The van der Waals surface area contributed by atoms with Crippen molar-refractivity contribution in [2.75, 3.05) is 32.8 Å². The predicted octanol–water partition coefficient (Wildman–Crippen LogP) is 2.36. The van der Waals surface area contributed by atoms with Crippen LogP contribution >= 0.6 is 0 Å². The van der Waals surface area contributed by atoms with Crippen LogP contribution in [0, 0.1) is 0 Å². The fraction of sp³-hybridized carbons (Fsp3) is 0.647. The van der Waals surface area contributed by atoms with Crippen LogP contribution in [0.5, 0.6) is 0 Å². The molecule has 0 amide bonds. The number of aliphatic hydroxyl groups excluding tert-OH is 1. The minimum atomic E-state index is 0.281. The van der Waals surface area contributed by atoms with Crippen molar-refractivity contribution in [2.45, 2.75) is 38.8 Å². The van der Waals surface area contributed by atoms with Crippen LogP contribution in [0.2, 0.25) is 0 Å². The molecule has 3 nitrogen and oxygen atoms in total. The summed E-state index contributed by atoms with van der Waals surface area (Å²) in [4.78, 5) is 5.07. The van der Waals surface area contributed by atoms with E-state index in [-0.39, 0.29) is 6.61 Å². The van der Waals surface area contributed by atoms with Gasteiger partial charge in [-0.2, -0.15) is 0 Å². The summed E-state index contributed by atoms with van der Waals surface area (Å²) < 4.78 is 0. The van der Waals surface area contributed by atoms with Crippen LogP contribution in [0.25, 0.3) is 0 Å². The molecule has 0 spiro atoms. The highest BCUT2D eigenvalue weighted by Gasteiger charge is 2.20. The lowest BCUT2D eigenvalue weighted by atomic mass is 10.2. The molecule has 0 saturated carbocycles. The van der Waals surface area contributed by atoms with Gasteiger partial charge in [0.15, 0.2) is 0 Å². The highest BCUT2D eigenvalue weighted by molar-refractivity contribution is 5.14. The first kappa shape index (κ1) is 15.5.